The first kappa shape index (κ1) is 22.7. The molecule has 0 saturated heterocycles. The average molecular weight is 226 g/mol. The number of phosphoric acid groups is 2. The first-order valence-electron chi connectivity index (χ1n) is 1.46. The topological polar surface area (TPSA) is 236 Å². The molecule has 4 N–H and O–H groups in total. The van der Waals surface area contributed by atoms with Crippen LogP contribution in [0.4, 0.5) is 0 Å². The van der Waals surface area contributed by atoms with Gasteiger partial charge in [-0.15, -0.1) is 0 Å². The molecule has 0 aromatic heterocycles. The van der Waals surface area contributed by atoms with Crippen molar-refractivity contribution in [2.45, 2.75) is 0 Å². The van der Waals surface area contributed by atoms with Crippen LogP contribution in [0.1, 0.15) is 0 Å². The van der Waals surface area contributed by atoms with Gasteiger partial charge in [-0.05, 0) is 0 Å². The minimum Gasteiger partial charge on any atom is -0.822 e. The van der Waals surface area contributed by atoms with Gasteiger partial charge in [-0.1, -0.05) is 0 Å². The minimum absolute atomic E-state index is 0. The molecule has 0 aliphatic heterocycles. The number of rotatable bonds is 0. The zero-order valence-electron chi connectivity index (χ0n) is 5.16. The molecule has 12 heteroatoms. The molecule has 12 heavy (non-hydrogen) atoms. The van der Waals surface area contributed by atoms with Crippen molar-refractivity contribution in [2.24, 2.45) is 0 Å². The van der Waals surface area contributed by atoms with Crippen molar-refractivity contribution in [1.29, 1.82) is 0 Å². The van der Waals surface area contributed by atoms with Crippen molar-refractivity contribution in [1.82, 2.24) is 0 Å². The van der Waals surface area contributed by atoms with Gasteiger partial charge in [0.1, 0.15) is 0 Å². The summed E-state index contributed by atoms with van der Waals surface area (Å²) in [5.74, 6) is 0. The largest absolute Gasteiger partial charge is 0.822 e. The van der Waals surface area contributed by atoms with Gasteiger partial charge in [0.15, 0.2) is 0 Å². The fourth-order valence-electron chi connectivity index (χ4n) is 0. The van der Waals surface area contributed by atoms with Gasteiger partial charge in [-0.2, -0.15) is 15.6 Å². The van der Waals surface area contributed by atoms with Crippen LogP contribution in [0.25, 0.3) is 0 Å². The Hall–Kier alpha value is 0.140. The highest BCUT2D eigenvalue weighted by Crippen LogP contribution is 2.03. The van der Waals surface area contributed by atoms with Crippen molar-refractivity contribution < 1.29 is 49.4 Å². The summed E-state index contributed by atoms with van der Waals surface area (Å²) in [6.07, 6.45) is 0. The maximum Gasteiger partial charge on any atom is -0.159 e. The normalized spacial score (nSPS) is 9.83. The second kappa shape index (κ2) is 7.77. The Balaban J connectivity index is -0.0000000457. The van der Waals surface area contributed by atoms with Crippen LogP contribution in [0.5, 0.6) is 0 Å². The van der Waals surface area contributed by atoms with E-state index >= 15 is 0 Å². The third-order valence-electron chi connectivity index (χ3n) is 0. The van der Waals surface area contributed by atoms with E-state index in [0.717, 1.165) is 0 Å². The fourth-order valence-corrected chi connectivity index (χ4v) is 0. The molecule has 0 atom stereocenters. The highest BCUT2D eigenvalue weighted by Gasteiger charge is 1.45. The molecular formula is H4O10P2-6. The minimum atomic E-state index is -5.39. The van der Waals surface area contributed by atoms with Gasteiger partial charge < -0.3 is 49.4 Å². The molecule has 10 nitrogen and oxygen atoms in total. The molecule has 0 aliphatic carbocycles. The predicted molar refractivity (Wildman–Crippen MR) is 22.4 cm³/mol. The van der Waals surface area contributed by atoms with Crippen molar-refractivity contribution in [3.63, 3.8) is 0 Å². The third kappa shape index (κ3) is 43200. The van der Waals surface area contributed by atoms with E-state index in [4.69, 9.17) is 38.5 Å². The lowest BCUT2D eigenvalue weighted by atomic mass is 15.8. The van der Waals surface area contributed by atoms with Crippen molar-refractivity contribution in [2.75, 3.05) is 0 Å². The van der Waals surface area contributed by atoms with Crippen molar-refractivity contribution in [3.05, 3.63) is 0 Å². The van der Waals surface area contributed by atoms with E-state index in [2.05, 4.69) is 0 Å². The molecule has 80 valence electrons. The Morgan fingerprint density at radius 3 is 0.583 bits per heavy atom. The van der Waals surface area contributed by atoms with E-state index in [1.54, 1.807) is 0 Å². The molecule has 0 radical (unpaired) electrons. The van der Waals surface area contributed by atoms with Gasteiger partial charge in [0.05, 0.1) is 0 Å². The summed E-state index contributed by atoms with van der Waals surface area (Å²) >= 11 is 0. The Labute approximate surface area is 66.2 Å². The third-order valence-corrected chi connectivity index (χ3v) is 0. The number of hydrogen-bond acceptors (Lipinski definition) is 8. The predicted octanol–water partition coefficient (Wildman–Crippen LogP) is -7.30. The Morgan fingerprint density at radius 1 is 0.583 bits per heavy atom. The molecule has 0 amide bonds. The molecular weight excluding hydrogens is 222 g/mol. The summed E-state index contributed by atoms with van der Waals surface area (Å²) in [6, 6.07) is 0. The Bertz CT molecular complexity index is 120. The van der Waals surface area contributed by atoms with E-state index in [1.807, 2.05) is 0 Å². The van der Waals surface area contributed by atoms with Gasteiger partial charge in [-0.3, -0.25) is 0 Å². The SMILES string of the molecule is O.O.O=P([O-])([O-])[O-].O=P([O-])([O-])[O-]. The smallest absolute Gasteiger partial charge is 0.159 e. The summed E-state index contributed by atoms with van der Waals surface area (Å²) in [5.41, 5.74) is 0. The van der Waals surface area contributed by atoms with E-state index in [9.17, 15) is 0 Å². The first-order valence-corrected chi connectivity index (χ1v) is 4.38. The molecule has 0 aromatic carbocycles. The maximum absolute atomic E-state index is 8.55. The van der Waals surface area contributed by atoms with Gasteiger partial charge in [0, 0.05) is 0 Å². The summed E-state index contributed by atoms with van der Waals surface area (Å²) < 4.78 is 17.1. The summed E-state index contributed by atoms with van der Waals surface area (Å²) in [5, 5.41) is 0. The van der Waals surface area contributed by atoms with Crippen molar-refractivity contribution in [3.8, 4) is 0 Å². The van der Waals surface area contributed by atoms with E-state index in [0.29, 0.717) is 0 Å². The summed E-state index contributed by atoms with van der Waals surface area (Å²) in [7, 11) is -10.8. The summed E-state index contributed by atoms with van der Waals surface area (Å²) in [4.78, 5) is 51.3. The van der Waals surface area contributed by atoms with Gasteiger partial charge in [0.2, 0.25) is 0 Å². The van der Waals surface area contributed by atoms with Crippen LogP contribution >= 0.6 is 15.6 Å². The first-order chi connectivity index (χ1) is 4.00. The molecule has 0 unspecified atom stereocenters. The van der Waals surface area contributed by atoms with Crippen LogP contribution in [0, 0.1) is 0 Å². The fraction of sp³-hybridized carbons (Fsp3) is 0. The lowest BCUT2D eigenvalue weighted by Crippen LogP contribution is -2.24. The zero-order valence-corrected chi connectivity index (χ0v) is 6.95. The van der Waals surface area contributed by atoms with Crippen LogP contribution in [0.2, 0.25) is 0 Å². The second-order valence-corrected chi connectivity index (χ2v) is 2.68. The molecule has 0 fully saturated rings. The second-order valence-electron chi connectivity index (χ2n) is 0.894. The molecule has 0 rings (SSSR count). The Kier molecular flexibility index (Phi) is 14.7. The van der Waals surface area contributed by atoms with E-state index in [-0.39, 0.29) is 11.0 Å². The van der Waals surface area contributed by atoms with Gasteiger partial charge in [-0.25, -0.2) is 0 Å². The lowest BCUT2D eigenvalue weighted by molar-refractivity contribution is -0.434. The van der Waals surface area contributed by atoms with E-state index < -0.39 is 15.6 Å². The highest BCUT2D eigenvalue weighted by molar-refractivity contribution is 7.40. The molecule has 0 heterocycles. The zero-order chi connectivity index (χ0) is 9.00. The van der Waals surface area contributed by atoms with Gasteiger partial charge >= 0.3 is 0 Å². The maximum atomic E-state index is 8.55. The monoisotopic (exact) mass is 226 g/mol. The molecule has 0 aromatic rings. The van der Waals surface area contributed by atoms with Crippen LogP contribution in [-0.4, -0.2) is 11.0 Å². The van der Waals surface area contributed by atoms with Crippen LogP contribution < -0.4 is 29.4 Å². The van der Waals surface area contributed by atoms with E-state index in [1.165, 1.54) is 0 Å². The lowest BCUT2D eigenvalue weighted by Gasteiger charge is -2.36. The summed E-state index contributed by atoms with van der Waals surface area (Å²) in [6.45, 7) is 0. The van der Waals surface area contributed by atoms with Crippen LogP contribution in [0.15, 0.2) is 0 Å². The highest BCUT2D eigenvalue weighted by atomic mass is 31.2. The Morgan fingerprint density at radius 2 is 0.583 bits per heavy atom. The average Bonchev–Trinajstić information content (AvgIpc) is 1.12. The van der Waals surface area contributed by atoms with Crippen molar-refractivity contribution >= 4 is 15.6 Å². The van der Waals surface area contributed by atoms with Crippen LogP contribution in [0.3, 0.4) is 0 Å². The molecule has 0 saturated carbocycles. The quantitative estimate of drug-likeness (QED) is 0.358. The molecule has 0 aliphatic rings. The standard InChI is InChI=1S/2H3O4P.2H2O/c2*1-5(2,3)4;;/h2*(H3,1,2,3,4);2*1H2/p-6. The molecule has 0 spiro atoms. The van der Waals surface area contributed by atoms with Crippen LogP contribution in [-0.2, 0) is 9.13 Å². The molecule has 0 bridgehead atoms. The van der Waals surface area contributed by atoms with Gasteiger partial charge in [0.25, 0.3) is 0 Å². The number of hydrogen-bond donors (Lipinski definition) is 0.